The molecular weight excluding hydrogens is 366 g/mol. The molecular formula is C19H17N3O4S. The van der Waals surface area contributed by atoms with Crippen molar-refractivity contribution in [2.24, 2.45) is 0 Å². The van der Waals surface area contributed by atoms with Crippen LogP contribution in [0.3, 0.4) is 0 Å². The van der Waals surface area contributed by atoms with Crippen LogP contribution >= 0.6 is 11.8 Å². The zero-order chi connectivity index (χ0) is 19.4. The fourth-order valence-electron chi connectivity index (χ4n) is 2.33. The Bertz CT molecular complexity index is 955. The van der Waals surface area contributed by atoms with Crippen LogP contribution in [0.1, 0.15) is 24.2 Å². The Morgan fingerprint density at radius 2 is 1.81 bits per heavy atom. The van der Waals surface area contributed by atoms with E-state index in [4.69, 9.17) is 4.52 Å². The number of carbonyl (C=O) groups is 2. The third kappa shape index (κ3) is 4.35. The number of hydrogen-bond acceptors (Lipinski definition) is 6. The largest absolute Gasteiger partial charge is 0.538 e. The van der Waals surface area contributed by atoms with Crippen LogP contribution in [-0.2, 0) is 4.79 Å². The minimum absolute atomic E-state index is 0.0438. The number of Topliss-reactive ketones (excluding diaryl/α,β-unsaturated/α-hetero) is 1. The molecule has 1 atom stereocenters. The second kappa shape index (κ2) is 8.05. The minimum atomic E-state index is -0.602. The van der Waals surface area contributed by atoms with Crippen molar-refractivity contribution in [2.75, 3.05) is 5.32 Å². The normalized spacial score (nSPS) is 11.8. The van der Waals surface area contributed by atoms with Gasteiger partial charge in [-0.25, -0.2) is 0 Å². The SMILES string of the molecule is CC(=O)c1ccc(NC(=O)C(C)Sc2c([O-])on[n+]2-c2ccccc2)cc1. The average Bonchev–Trinajstić information content (AvgIpc) is 3.03. The molecule has 1 N–H and O–H groups in total. The fraction of sp³-hybridized carbons (Fsp3) is 0.158. The van der Waals surface area contributed by atoms with E-state index in [1.165, 1.54) is 11.6 Å². The van der Waals surface area contributed by atoms with Gasteiger partial charge in [0.1, 0.15) is 0 Å². The summed E-state index contributed by atoms with van der Waals surface area (Å²) in [5, 5.41) is 18.2. The summed E-state index contributed by atoms with van der Waals surface area (Å²) in [7, 11) is 0. The number of para-hydroxylation sites is 1. The highest BCUT2D eigenvalue weighted by Gasteiger charge is 2.26. The van der Waals surface area contributed by atoms with Crippen molar-refractivity contribution < 1.29 is 23.9 Å². The highest BCUT2D eigenvalue weighted by molar-refractivity contribution is 8.00. The maximum atomic E-state index is 12.5. The lowest BCUT2D eigenvalue weighted by Gasteiger charge is -2.10. The molecule has 3 aromatic rings. The summed E-state index contributed by atoms with van der Waals surface area (Å²) in [5.41, 5.74) is 1.80. The molecule has 0 saturated heterocycles. The van der Waals surface area contributed by atoms with E-state index in [1.807, 2.05) is 18.2 Å². The second-order valence-corrected chi connectivity index (χ2v) is 7.13. The fourth-order valence-corrected chi connectivity index (χ4v) is 3.20. The summed E-state index contributed by atoms with van der Waals surface area (Å²) >= 11 is 1.06. The van der Waals surface area contributed by atoms with E-state index in [-0.39, 0.29) is 16.7 Å². The lowest BCUT2D eigenvalue weighted by molar-refractivity contribution is -0.705. The molecule has 0 fully saturated rings. The van der Waals surface area contributed by atoms with E-state index in [2.05, 4.69) is 10.6 Å². The maximum absolute atomic E-state index is 12.5. The highest BCUT2D eigenvalue weighted by atomic mass is 32.2. The molecule has 138 valence electrons. The van der Waals surface area contributed by atoms with Gasteiger partial charge in [-0.1, -0.05) is 18.2 Å². The second-order valence-electron chi connectivity index (χ2n) is 5.80. The number of nitrogens with zero attached hydrogens (tertiary/aromatic N) is 2. The van der Waals surface area contributed by atoms with Crippen LogP contribution in [0, 0.1) is 0 Å². The Morgan fingerprint density at radius 1 is 1.15 bits per heavy atom. The molecule has 0 saturated carbocycles. The van der Waals surface area contributed by atoms with Crippen molar-refractivity contribution in [1.29, 1.82) is 0 Å². The van der Waals surface area contributed by atoms with Crippen LogP contribution in [0.4, 0.5) is 5.69 Å². The van der Waals surface area contributed by atoms with Gasteiger partial charge in [0.2, 0.25) is 11.6 Å². The van der Waals surface area contributed by atoms with Gasteiger partial charge in [-0.2, -0.15) is 0 Å². The molecule has 7 nitrogen and oxygen atoms in total. The van der Waals surface area contributed by atoms with Gasteiger partial charge in [0, 0.05) is 23.4 Å². The van der Waals surface area contributed by atoms with Gasteiger partial charge >= 0.3 is 0 Å². The number of carbonyl (C=O) groups excluding carboxylic acids is 2. The molecule has 0 aliphatic heterocycles. The number of nitrogens with one attached hydrogen (secondary N) is 1. The lowest BCUT2D eigenvalue weighted by atomic mass is 10.1. The molecule has 0 radical (unpaired) electrons. The minimum Gasteiger partial charge on any atom is -0.538 e. The Morgan fingerprint density at radius 3 is 2.44 bits per heavy atom. The van der Waals surface area contributed by atoms with Crippen molar-refractivity contribution in [1.82, 2.24) is 5.27 Å². The quantitative estimate of drug-likeness (QED) is 0.398. The zero-order valence-corrected chi connectivity index (χ0v) is 15.5. The summed E-state index contributed by atoms with van der Waals surface area (Å²) in [6.45, 7) is 3.17. The number of ketones is 1. The number of anilines is 1. The molecule has 8 heteroatoms. The first-order valence-electron chi connectivity index (χ1n) is 8.18. The van der Waals surface area contributed by atoms with Crippen molar-refractivity contribution in [3.63, 3.8) is 0 Å². The number of thioether (sulfide) groups is 1. The van der Waals surface area contributed by atoms with Gasteiger partial charge in [0.05, 0.1) is 10.5 Å². The molecule has 0 spiro atoms. The predicted molar refractivity (Wildman–Crippen MR) is 97.9 cm³/mol. The van der Waals surface area contributed by atoms with Crippen LogP contribution in [0.5, 0.6) is 5.95 Å². The Balaban J connectivity index is 1.72. The molecule has 3 rings (SSSR count). The molecule has 1 aromatic heterocycles. The van der Waals surface area contributed by atoms with E-state index in [1.54, 1.807) is 43.3 Å². The maximum Gasteiger partial charge on any atom is 0.298 e. The molecule has 1 amide bonds. The number of amides is 1. The summed E-state index contributed by atoms with van der Waals surface area (Å²) < 4.78 is 6.13. The molecule has 0 aliphatic carbocycles. The van der Waals surface area contributed by atoms with Crippen molar-refractivity contribution in [3.8, 4) is 11.6 Å². The topological polar surface area (TPSA) is 99.1 Å². The Hall–Kier alpha value is -3.13. The van der Waals surface area contributed by atoms with Crippen LogP contribution in [0.2, 0.25) is 0 Å². The third-order valence-corrected chi connectivity index (χ3v) is 4.92. The van der Waals surface area contributed by atoms with Gasteiger partial charge in [-0.05, 0) is 54.6 Å². The first-order valence-corrected chi connectivity index (χ1v) is 9.06. The highest BCUT2D eigenvalue weighted by Crippen LogP contribution is 2.28. The summed E-state index contributed by atoms with van der Waals surface area (Å²) in [5.74, 6) is -0.928. The predicted octanol–water partition coefficient (Wildman–Crippen LogP) is 2.35. The lowest BCUT2D eigenvalue weighted by Crippen LogP contribution is -2.36. The van der Waals surface area contributed by atoms with E-state index >= 15 is 0 Å². The van der Waals surface area contributed by atoms with Gasteiger partial charge in [0.15, 0.2) is 11.7 Å². The average molecular weight is 383 g/mol. The van der Waals surface area contributed by atoms with Gasteiger partial charge in [0.25, 0.3) is 5.03 Å². The standard InChI is InChI=1S/C19H17N3O4S/c1-12(23)14-8-10-15(11-9-14)20-17(24)13(2)27-18-19(25)26-21-22(18)16-6-4-3-5-7-16/h3-11,13H,1-2H3,(H-,20,21,23,24,25). The van der Waals surface area contributed by atoms with Crippen LogP contribution in [-0.4, -0.2) is 22.2 Å². The van der Waals surface area contributed by atoms with Crippen LogP contribution in [0.15, 0.2) is 64.1 Å². The van der Waals surface area contributed by atoms with Crippen molar-refractivity contribution >= 4 is 29.1 Å². The van der Waals surface area contributed by atoms with Crippen molar-refractivity contribution in [3.05, 3.63) is 60.2 Å². The van der Waals surface area contributed by atoms with E-state index in [9.17, 15) is 14.7 Å². The number of benzene rings is 2. The van der Waals surface area contributed by atoms with E-state index in [0.717, 1.165) is 11.8 Å². The molecule has 27 heavy (non-hydrogen) atoms. The van der Waals surface area contributed by atoms with E-state index < -0.39 is 11.2 Å². The molecule has 2 aromatic carbocycles. The zero-order valence-electron chi connectivity index (χ0n) is 14.7. The first-order chi connectivity index (χ1) is 13.0. The number of rotatable bonds is 6. The molecule has 1 heterocycles. The molecule has 0 bridgehead atoms. The van der Waals surface area contributed by atoms with Crippen molar-refractivity contribution in [2.45, 2.75) is 24.1 Å². The Labute approximate surface area is 160 Å². The van der Waals surface area contributed by atoms with Gasteiger partial charge in [-0.15, -0.1) is 0 Å². The number of hydrogen-bond donors (Lipinski definition) is 1. The van der Waals surface area contributed by atoms with Gasteiger partial charge < -0.3 is 14.9 Å². The Kier molecular flexibility index (Phi) is 5.56. The van der Waals surface area contributed by atoms with Crippen LogP contribution in [0.25, 0.3) is 5.69 Å². The number of aromatic nitrogens is 2. The third-order valence-electron chi connectivity index (χ3n) is 3.79. The summed E-state index contributed by atoms with van der Waals surface area (Å²) in [4.78, 5) is 23.8. The monoisotopic (exact) mass is 383 g/mol. The molecule has 0 aliphatic rings. The smallest absolute Gasteiger partial charge is 0.298 e. The first kappa shape index (κ1) is 18.7. The summed E-state index contributed by atoms with van der Waals surface area (Å²) in [6, 6.07) is 15.7. The van der Waals surface area contributed by atoms with Gasteiger partial charge in [-0.3, -0.25) is 9.59 Å². The summed E-state index contributed by atoms with van der Waals surface area (Å²) in [6.07, 6.45) is 0. The molecule has 1 unspecified atom stereocenters. The van der Waals surface area contributed by atoms with E-state index in [0.29, 0.717) is 16.9 Å². The van der Waals surface area contributed by atoms with Crippen LogP contribution < -0.4 is 15.1 Å².